The van der Waals surface area contributed by atoms with Crippen molar-refractivity contribution >= 4 is 17.6 Å². The van der Waals surface area contributed by atoms with Crippen LogP contribution in [0.2, 0.25) is 5.02 Å². The van der Waals surface area contributed by atoms with E-state index in [2.05, 4.69) is 9.88 Å². The van der Waals surface area contributed by atoms with Crippen LogP contribution in [0.5, 0.6) is 5.75 Å². The van der Waals surface area contributed by atoms with Gasteiger partial charge in [0.2, 0.25) is 0 Å². The molecule has 2 atom stereocenters. The fraction of sp³-hybridized carbons (Fsp3) is 0.400. The molecule has 0 bridgehead atoms. The van der Waals surface area contributed by atoms with E-state index in [1.54, 1.807) is 6.20 Å². The molecule has 1 saturated heterocycles. The van der Waals surface area contributed by atoms with E-state index in [-0.39, 0.29) is 12.0 Å². The monoisotopic (exact) mass is 374 g/mol. The van der Waals surface area contributed by atoms with Gasteiger partial charge >= 0.3 is 5.97 Å². The lowest BCUT2D eigenvalue weighted by Gasteiger charge is -2.37. The predicted molar refractivity (Wildman–Crippen MR) is 101 cm³/mol. The standard InChI is InChI=1S/C20H23ClN2O3/c1-2-26-18-9-8-15(21)12-16(18)19(17-7-3-4-10-22-17)23-11-5-6-14(13-23)20(24)25/h3-4,7-10,12,14,19H,2,5-6,11,13H2,1H3,(H,24,25). The Kier molecular flexibility index (Phi) is 6.12. The smallest absolute Gasteiger partial charge is 0.307 e. The maximum atomic E-state index is 11.5. The van der Waals surface area contributed by atoms with Gasteiger partial charge in [-0.2, -0.15) is 0 Å². The average Bonchev–Trinajstić information content (AvgIpc) is 2.65. The Balaban J connectivity index is 2.05. The number of hydrogen-bond acceptors (Lipinski definition) is 4. The summed E-state index contributed by atoms with van der Waals surface area (Å²) >= 11 is 6.28. The van der Waals surface area contributed by atoms with Crippen molar-refractivity contribution in [1.29, 1.82) is 0 Å². The lowest BCUT2D eigenvalue weighted by molar-refractivity contribution is -0.143. The van der Waals surface area contributed by atoms with Crippen molar-refractivity contribution in [1.82, 2.24) is 9.88 Å². The Labute approximate surface area is 158 Å². The van der Waals surface area contributed by atoms with E-state index >= 15 is 0 Å². The number of piperidine rings is 1. The highest BCUT2D eigenvalue weighted by molar-refractivity contribution is 6.30. The number of carboxylic acids is 1. The molecule has 1 aliphatic rings. The average molecular weight is 375 g/mol. The van der Waals surface area contributed by atoms with E-state index in [0.29, 0.717) is 24.6 Å². The topological polar surface area (TPSA) is 62.7 Å². The molecule has 2 heterocycles. The maximum absolute atomic E-state index is 11.5. The zero-order valence-electron chi connectivity index (χ0n) is 14.8. The summed E-state index contributed by atoms with van der Waals surface area (Å²) in [4.78, 5) is 18.3. The molecule has 2 unspecified atom stereocenters. The summed E-state index contributed by atoms with van der Waals surface area (Å²) in [5, 5.41) is 10.1. The van der Waals surface area contributed by atoms with E-state index in [9.17, 15) is 9.90 Å². The number of likely N-dealkylation sites (tertiary alicyclic amines) is 1. The Morgan fingerprint density at radius 3 is 2.96 bits per heavy atom. The Morgan fingerprint density at radius 2 is 2.27 bits per heavy atom. The number of halogens is 1. The van der Waals surface area contributed by atoms with Crippen LogP contribution in [-0.4, -0.2) is 40.7 Å². The normalized spacial score (nSPS) is 19.1. The number of aliphatic carboxylic acids is 1. The van der Waals surface area contributed by atoms with Gasteiger partial charge in [0.05, 0.1) is 24.3 Å². The molecule has 0 saturated carbocycles. The summed E-state index contributed by atoms with van der Waals surface area (Å²) in [6.07, 6.45) is 3.30. The SMILES string of the molecule is CCOc1ccc(Cl)cc1C(c1ccccn1)N1CCCC(C(=O)O)C1. The zero-order valence-corrected chi connectivity index (χ0v) is 15.5. The Morgan fingerprint density at radius 1 is 1.42 bits per heavy atom. The van der Waals surface area contributed by atoms with Crippen molar-refractivity contribution in [3.63, 3.8) is 0 Å². The van der Waals surface area contributed by atoms with E-state index in [1.807, 2.05) is 43.3 Å². The van der Waals surface area contributed by atoms with Crippen LogP contribution in [0, 0.1) is 5.92 Å². The van der Waals surface area contributed by atoms with Crippen LogP contribution in [-0.2, 0) is 4.79 Å². The second-order valence-electron chi connectivity index (χ2n) is 6.44. The number of pyridine rings is 1. The lowest BCUT2D eigenvalue weighted by Crippen LogP contribution is -2.41. The van der Waals surface area contributed by atoms with Crippen molar-refractivity contribution in [2.24, 2.45) is 5.92 Å². The summed E-state index contributed by atoms with van der Waals surface area (Å²) in [5.74, 6) is -0.361. The number of ether oxygens (including phenoxy) is 1. The molecule has 0 amide bonds. The van der Waals surface area contributed by atoms with E-state index in [4.69, 9.17) is 16.3 Å². The second-order valence-corrected chi connectivity index (χ2v) is 6.88. The van der Waals surface area contributed by atoms with Crippen molar-refractivity contribution < 1.29 is 14.6 Å². The van der Waals surface area contributed by atoms with Gasteiger partial charge in [-0.3, -0.25) is 14.7 Å². The van der Waals surface area contributed by atoms with Crippen LogP contribution in [0.15, 0.2) is 42.6 Å². The molecule has 1 N–H and O–H groups in total. The highest BCUT2D eigenvalue weighted by Gasteiger charge is 2.33. The number of nitrogens with zero attached hydrogens (tertiary/aromatic N) is 2. The largest absolute Gasteiger partial charge is 0.494 e. The highest BCUT2D eigenvalue weighted by atomic mass is 35.5. The van der Waals surface area contributed by atoms with Crippen LogP contribution >= 0.6 is 11.6 Å². The number of carbonyl (C=O) groups is 1. The van der Waals surface area contributed by atoms with Gasteiger partial charge < -0.3 is 9.84 Å². The molecule has 0 radical (unpaired) electrons. The molecule has 0 aliphatic carbocycles. The third-order valence-corrected chi connectivity index (χ3v) is 4.94. The van der Waals surface area contributed by atoms with Crippen LogP contribution in [0.25, 0.3) is 0 Å². The highest BCUT2D eigenvalue weighted by Crippen LogP contribution is 2.37. The fourth-order valence-electron chi connectivity index (χ4n) is 3.54. The Bertz CT molecular complexity index is 754. The molecule has 6 heteroatoms. The summed E-state index contributed by atoms with van der Waals surface area (Å²) in [6.45, 7) is 3.77. The van der Waals surface area contributed by atoms with Gasteiger partial charge in [-0.25, -0.2) is 0 Å². The van der Waals surface area contributed by atoms with Crippen molar-refractivity contribution in [3.8, 4) is 5.75 Å². The minimum atomic E-state index is -0.745. The van der Waals surface area contributed by atoms with Crippen LogP contribution < -0.4 is 4.74 Å². The molecule has 26 heavy (non-hydrogen) atoms. The quantitative estimate of drug-likeness (QED) is 0.827. The number of carboxylic acid groups (broad SMARTS) is 1. The van der Waals surface area contributed by atoms with Crippen molar-refractivity contribution in [2.45, 2.75) is 25.8 Å². The van der Waals surface area contributed by atoms with E-state index in [1.165, 1.54) is 0 Å². The van der Waals surface area contributed by atoms with Crippen LogP contribution in [0.1, 0.15) is 37.1 Å². The van der Waals surface area contributed by atoms with E-state index < -0.39 is 5.97 Å². The molecule has 1 aromatic carbocycles. The third-order valence-electron chi connectivity index (χ3n) is 4.70. The molecular weight excluding hydrogens is 352 g/mol. The number of hydrogen-bond donors (Lipinski definition) is 1. The molecular formula is C20H23ClN2O3. The first-order chi connectivity index (χ1) is 12.6. The summed E-state index contributed by atoms with van der Waals surface area (Å²) in [6, 6.07) is 11.2. The predicted octanol–water partition coefficient (Wildman–Crippen LogP) is 4.02. The van der Waals surface area contributed by atoms with Gasteiger partial charge in [-0.05, 0) is 56.6 Å². The van der Waals surface area contributed by atoms with Gasteiger partial charge in [-0.15, -0.1) is 0 Å². The molecule has 1 aliphatic heterocycles. The maximum Gasteiger partial charge on any atom is 0.307 e. The first-order valence-electron chi connectivity index (χ1n) is 8.90. The van der Waals surface area contributed by atoms with Gasteiger partial charge in [0.25, 0.3) is 0 Å². The number of rotatable bonds is 6. The molecule has 3 rings (SSSR count). The molecule has 2 aromatic rings. The third kappa shape index (κ3) is 4.17. The van der Waals surface area contributed by atoms with Crippen LogP contribution in [0.4, 0.5) is 0 Å². The Hall–Kier alpha value is -2.11. The first kappa shape index (κ1) is 18.7. The van der Waals surface area contributed by atoms with Gasteiger partial charge in [0.1, 0.15) is 5.75 Å². The van der Waals surface area contributed by atoms with Gasteiger partial charge in [0, 0.05) is 23.3 Å². The molecule has 1 fully saturated rings. The van der Waals surface area contributed by atoms with Gasteiger partial charge in [0.15, 0.2) is 0 Å². The summed E-state index contributed by atoms with van der Waals surface area (Å²) in [5.41, 5.74) is 1.78. The minimum absolute atomic E-state index is 0.196. The second kappa shape index (κ2) is 8.52. The van der Waals surface area contributed by atoms with Crippen molar-refractivity contribution in [2.75, 3.05) is 19.7 Å². The summed E-state index contributed by atoms with van der Waals surface area (Å²) < 4.78 is 5.83. The molecule has 138 valence electrons. The summed E-state index contributed by atoms with van der Waals surface area (Å²) in [7, 11) is 0. The first-order valence-corrected chi connectivity index (χ1v) is 9.28. The lowest BCUT2D eigenvalue weighted by atomic mass is 9.93. The van der Waals surface area contributed by atoms with E-state index in [0.717, 1.165) is 30.0 Å². The van der Waals surface area contributed by atoms with Crippen LogP contribution in [0.3, 0.4) is 0 Å². The molecule has 5 nitrogen and oxygen atoms in total. The molecule has 0 spiro atoms. The fourth-order valence-corrected chi connectivity index (χ4v) is 3.72. The molecule has 1 aromatic heterocycles. The number of benzene rings is 1. The van der Waals surface area contributed by atoms with Crippen molar-refractivity contribution in [3.05, 3.63) is 58.9 Å². The minimum Gasteiger partial charge on any atom is -0.494 e. The number of aromatic nitrogens is 1. The van der Waals surface area contributed by atoms with Gasteiger partial charge in [-0.1, -0.05) is 17.7 Å². The zero-order chi connectivity index (χ0) is 18.5.